The Morgan fingerprint density at radius 1 is 1.03 bits per heavy atom. The van der Waals surface area contributed by atoms with Gasteiger partial charge in [-0.05, 0) is 55.7 Å². The third-order valence-corrected chi connectivity index (χ3v) is 6.98. The van der Waals surface area contributed by atoms with Crippen LogP contribution in [0.3, 0.4) is 0 Å². The number of pyridine rings is 2. The summed E-state index contributed by atoms with van der Waals surface area (Å²) in [5.41, 5.74) is 2.86. The third-order valence-electron chi connectivity index (χ3n) is 6.12. The lowest BCUT2D eigenvalue weighted by molar-refractivity contribution is -0.116. The average Bonchev–Trinajstić information content (AvgIpc) is 2.80. The van der Waals surface area contributed by atoms with Gasteiger partial charge in [0.15, 0.2) is 5.78 Å². The molecular formula is C26H22Cl3N3O3. The zero-order chi connectivity index (χ0) is 25.6. The van der Waals surface area contributed by atoms with E-state index in [2.05, 4.69) is 0 Å². The number of carbonyl (C=O) groups excluding carboxylic acids is 2. The van der Waals surface area contributed by atoms with Crippen LogP contribution in [0, 0.1) is 0 Å². The lowest BCUT2D eigenvalue weighted by Gasteiger charge is -2.23. The summed E-state index contributed by atoms with van der Waals surface area (Å²) in [7, 11) is 3.09. The topological polar surface area (TPSA) is 72.3 Å². The number of nitrogens with zero attached hydrogens (tertiary/aromatic N) is 3. The van der Waals surface area contributed by atoms with Crippen molar-refractivity contribution in [1.29, 1.82) is 0 Å². The number of benzene rings is 1. The number of aromatic nitrogens is 2. The van der Waals surface area contributed by atoms with Crippen LogP contribution < -0.4 is 10.5 Å². The zero-order valence-electron chi connectivity index (χ0n) is 19.6. The fraction of sp³-hybridized carbons (Fsp3) is 0.231. The summed E-state index contributed by atoms with van der Waals surface area (Å²) in [6.45, 7) is 2.69. The van der Waals surface area contributed by atoms with Gasteiger partial charge in [-0.25, -0.2) is 4.98 Å². The highest BCUT2D eigenvalue weighted by atomic mass is 35.5. The molecule has 0 spiro atoms. The maximum atomic E-state index is 13.2. The van der Waals surface area contributed by atoms with Crippen molar-refractivity contribution in [3.8, 4) is 11.3 Å². The third kappa shape index (κ3) is 4.54. The fourth-order valence-corrected chi connectivity index (χ4v) is 4.88. The summed E-state index contributed by atoms with van der Waals surface area (Å²) in [5, 5.41) is 2.13. The van der Waals surface area contributed by atoms with Crippen molar-refractivity contribution >= 4 is 68.8 Å². The van der Waals surface area contributed by atoms with Crippen molar-refractivity contribution in [1.82, 2.24) is 9.55 Å². The number of hydrogen-bond acceptors (Lipinski definition) is 4. The van der Waals surface area contributed by atoms with Gasteiger partial charge in [0.05, 0.1) is 16.4 Å². The molecule has 1 aliphatic rings. The molecule has 2 aromatic heterocycles. The number of aryl methyl sites for hydroxylation is 1. The molecule has 0 aliphatic heterocycles. The Morgan fingerprint density at radius 3 is 2.31 bits per heavy atom. The SMILES string of the molecule is CC(=O)c1c(N(C)C(C)=O)c2cc(C3=CC=C(Cl)CC3)c(-c3ccc(Cl)cc3Cl)nc2n(C)c1=O. The highest BCUT2D eigenvalue weighted by Crippen LogP contribution is 2.40. The van der Waals surface area contributed by atoms with Gasteiger partial charge < -0.3 is 4.90 Å². The predicted octanol–water partition coefficient (Wildman–Crippen LogP) is 6.39. The monoisotopic (exact) mass is 529 g/mol. The van der Waals surface area contributed by atoms with Crippen LogP contribution in [-0.4, -0.2) is 28.3 Å². The summed E-state index contributed by atoms with van der Waals surface area (Å²) in [4.78, 5) is 44.4. The Hall–Kier alpha value is -2.93. The van der Waals surface area contributed by atoms with E-state index in [1.54, 1.807) is 25.2 Å². The van der Waals surface area contributed by atoms with Gasteiger partial charge in [0, 0.05) is 47.6 Å². The molecule has 1 amide bonds. The van der Waals surface area contributed by atoms with Gasteiger partial charge in [0.1, 0.15) is 11.2 Å². The van der Waals surface area contributed by atoms with E-state index in [1.165, 1.54) is 30.4 Å². The molecule has 0 unspecified atom stereocenters. The molecule has 0 N–H and O–H groups in total. The first-order valence-electron chi connectivity index (χ1n) is 10.8. The molecule has 0 atom stereocenters. The molecule has 0 fully saturated rings. The smallest absolute Gasteiger partial charge is 0.264 e. The largest absolute Gasteiger partial charge is 0.314 e. The number of hydrogen-bond donors (Lipinski definition) is 0. The lowest BCUT2D eigenvalue weighted by Crippen LogP contribution is -2.32. The number of anilines is 1. The maximum Gasteiger partial charge on any atom is 0.264 e. The second-order valence-electron chi connectivity index (χ2n) is 8.41. The normalized spacial score (nSPS) is 13.5. The quantitative estimate of drug-likeness (QED) is 0.366. The minimum absolute atomic E-state index is 0.0664. The summed E-state index contributed by atoms with van der Waals surface area (Å²) < 4.78 is 1.33. The second-order valence-corrected chi connectivity index (χ2v) is 9.74. The summed E-state index contributed by atoms with van der Waals surface area (Å²) in [6.07, 6.45) is 5.07. The molecule has 6 nitrogen and oxygen atoms in total. The van der Waals surface area contributed by atoms with Crippen molar-refractivity contribution < 1.29 is 9.59 Å². The van der Waals surface area contributed by atoms with Crippen LogP contribution in [0.1, 0.15) is 42.6 Å². The van der Waals surface area contributed by atoms with Gasteiger partial charge in [0.25, 0.3) is 5.56 Å². The van der Waals surface area contributed by atoms with E-state index in [9.17, 15) is 14.4 Å². The summed E-state index contributed by atoms with van der Waals surface area (Å²) in [6, 6.07) is 6.99. The number of rotatable bonds is 4. The van der Waals surface area contributed by atoms with Gasteiger partial charge in [-0.2, -0.15) is 0 Å². The molecule has 35 heavy (non-hydrogen) atoms. The maximum absolute atomic E-state index is 13.2. The van der Waals surface area contributed by atoms with Crippen LogP contribution in [0.5, 0.6) is 0 Å². The van der Waals surface area contributed by atoms with Crippen LogP contribution in [0.4, 0.5) is 5.69 Å². The van der Waals surface area contributed by atoms with E-state index in [-0.39, 0.29) is 17.2 Å². The molecule has 1 aliphatic carbocycles. The molecule has 3 aromatic rings. The Balaban J connectivity index is 2.20. The molecule has 0 saturated heterocycles. The van der Waals surface area contributed by atoms with Gasteiger partial charge in [-0.15, -0.1) is 0 Å². The Bertz CT molecular complexity index is 1540. The standard InChI is InChI=1S/C26H22Cl3N3O3/c1-13(33)22-24(31(3)14(2)34)20-12-19(15-5-7-16(27)8-6-15)23(30-25(20)32(4)26(22)35)18-10-9-17(28)11-21(18)29/h5,7,9-12H,6,8H2,1-4H3. The fourth-order valence-electron chi connectivity index (χ4n) is 4.22. The molecule has 2 heterocycles. The van der Waals surface area contributed by atoms with Crippen molar-refractivity contribution in [2.24, 2.45) is 7.05 Å². The minimum Gasteiger partial charge on any atom is -0.314 e. The van der Waals surface area contributed by atoms with Crippen LogP contribution in [0.25, 0.3) is 27.9 Å². The molecule has 0 saturated carbocycles. The number of fused-ring (bicyclic) bond motifs is 1. The Kier molecular flexibility index (Phi) is 6.91. The lowest BCUT2D eigenvalue weighted by atomic mass is 9.92. The number of Topliss-reactive ketones (excluding diaryl/α,β-unsaturated/α-hetero) is 1. The number of halogens is 3. The summed E-state index contributed by atoms with van der Waals surface area (Å²) >= 11 is 18.9. The van der Waals surface area contributed by atoms with Crippen LogP contribution >= 0.6 is 34.8 Å². The molecule has 0 radical (unpaired) electrons. The van der Waals surface area contributed by atoms with Gasteiger partial charge >= 0.3 is 0 Å². The highest BCUT2D eigenvalue weighted by Gasteiger charge is 2.26. The van der Waals surface area contributed by atoms with E-state index < -0.39 is 11.3 Å². The molecule has 180 valence electrons. The molecule has 9 heteroatoms. The minimum atomic E-state index is -0.534. The number of ketones is 1. The van der Waals surface area contributed by atoms with Crippen LogP contribution in [-0.2, 0) is 11.8 Å². The van der Waals surface area contributed by atoms with Gasteiger partial charge in [0.2, 0.25) is 5.91 Å². The zero-order valence-corrected chi connectivity index (χ0v) is 21.8. The number of carbonyl (C=O) groups is 2. The van der Waals surface area contributed by atoms with Gasteiger partial charge in [-0.3, -0.25) is 19.0 Å². The van der Waals surface area contributed by atoms with E-state index in [0.29, 0.717) is 45.2 Å². The van der Waals surface area contributed by atoms with Crippen molar-refractivity contribution in [3.63, 3.8) is 0 Å². The molecule has 0 bridgehead atoms. The molecule has 1 aromatic carbocycles. The van der Waals surface area contributed by atoms with Crippen molar-refractivity contribution in [2.45, 2.75) is 26.7 Å². The van der Waals surface area contributed by atoms with E-state index >= 15 is 0 Å². The highest BCUT2D eigenvalue weighted by molar-refractivity contribution is 6.36. The van der Waals surface area contributed by atoms with Crippen LogP contribution in [0.2, 0.25) is 10.0 Å². The van der Waals surface area contributed by atoms with E-state index in [1.807, 2.05) is 18.2 Å². The number of amides is 1. The first kappa shape index (κ1) is 25.2. The first-order chi connectivity index (χ1) is 16.5. The number of allylic oxidation sites excluding steroid dienone is 4. The van der Waals surface area contributed by atoms with Crippen LogP contribution in [0.15, 0.2) is 46.2 Å². The molecular weight excluding hydrogens is 509 g/mol. The molecule has 4 rings (SSSR count). The first-order valence-corrected chi connectivity index (χ1v) is 12.0. The van der Waals surface area contributed by atoms with Crippen molar-refractivity contribution in [2.75, 3.05) is 11.9 Å². The van der Waals surface area contributed by atoms with E-state index in [0.717, 1.165) is 16.2 Å². The predicted molar refractivity (Wildman–Crippen MR) is 143 cm³/mol. The Morgan fingerprint density at radius 2 is 1.74 bits per heavy atom. The summed E-state index contributed by atoms with van der Waals surface area (Å²) in [5.74, 6) is -0.756. The average molecular weight is 531 g/mol. The second kappa shape index (κ2) is 9.61. The Labute approximate surface area is 217 Å². The van der Waals surface area contributed by atoms with Crippen molar-refractivity contribution in [3.05, 3.63) is 73.0 Å². The van der Waals surface area contributed by atoms with Gasteiger partial charge in [-0.1, -0.05) is 40.9 Å². The van der Waals surface area contributed by atoms with E-state index in [4.69, 9.17) is 39.8 Å².